The van der Waals surface area contributed by atoms with Gasteiger partial charge in [-0.2, -0.15) is 0 Å². The van der Waals surface area contributed by atoms with Crippen LogP contribution in [0.15, 0.2) is 0 Å². The van der Waals surface area contributed by atoms with Gasteiger partial charge in [-0.3, -0.25) is 0 Å². The second-order valence-electron chi connectivity index (χ2n) is 12.3. The molecule has 0 amide bonds. The summed E-state index contributed by atoms with van der Waals surface area (Å²) in [5.41, 5.74) is 0. The normalized spacial score (nSPS) is 12.1. The molecule has 0 saturated heterocycles. The molecule has 0 bridgehead atoms. The monoisotopic (exact) mass is 544 g/mol. The minimum absolute atomic E-state index is 0. The van der Waals surface area contributed by atoms with Crippen LogP contribution < -0.4 is 24.0 Å². The van der Waals surface area contributed by atoms with Crippen LogP contribution in [0, 0.1) is 0 Å². The second kappa shape index (κ2) is 34.2. The fourth-order valence-corrected chi connectivity index (χ4v) is 5.73. The van der Waals surface area contributed by atoms with E-state index >= 15 is 0 Å². The Morgan fingerprint density at radius 3 is 1.03 bits per heavy atom. The summed E-state index contributed by atoms with van der Waals surface area (Å²) in [6, 6.07) is 0.350. The van der Waals surface area contributed by atoms with Gasteiger partial charge in [0, 0.05) is 12.0 Å². The maximum Gasteiger partial charge on any atom is 1.00 e. The molecule has 0 aliphatic heterocycles. The molecule has 0 rings (SSSR count). The summed E-state index contributed by atoms with van der Waals surface area (Å²) in [4.78, 5) is 13.5. The number of rotatable bonds is 32. The minimum atomic E-state index is -0.904. The molecule has 0 radical (unpaired) electrons. The molecule has 1 atom stereocenters. The number of unbranched alkanes of at least 4 members (excludes halogenated alkanes) is 24. The van der Waals surface area contributed by atoms with Gasteiger partial charge in [0.1, 0.15) is 0 Å². The summed E-state index contributed by atoms with van der Waals surface area (Å²) in [7, 11) is 0. The van der Waals surface area contributed by atoms with Crippen molar-refractivity contribution < 1.29 is 28.8 Å². The van der Waals surface area contributed by atoms with Crippen LogP contribution in [0.25, 0.3) is 0 Å². The number of hydrogen-bond acceptors (Lipinski definition) is 3. The van der Waals surface area contributed by atoms with E-state index in [2.05, 4.69) is 25.7 Å². The number of aliphatic carboxylic acids is 1. The summed E-state index contributed by atoms with van der Waals surface area (Å²) in [5, 5.41) is 11.0. The van der Waals surface area contributed by atoms with Gasteiger partial charge < -0.3 is 14.8 Å². The van der Waals surface area contributed by atoms with Crippen molar-refractivity contribution in [2.24, 2.45) is 0 Å². The van der Waals surface area contributed by atoms with E-state index < -0.39 is 5.97 Å². The summed E-state index contributed by atoms with van der Waals surface area (Å²) in [5.74, 6) is -0.904. The summed E-state index contributed by atoms with van der Waals surface area (Å²) >= 11 is 0. The number of carboxylic acid groups (broad SMARTS) is 1. The average molecular weight is 544 g/mol. The van der Waals surface area contributed by atoms with Gasteiger partial charge in [-0.1, -0.05) is 168 Å². The van der Waals surface area contributed by atoms with Crippen molar-refractivity contribution in [3.05, 3.63) is 0 Å². The molecule has 228 valence electrons. The Morgan fingerprint density at radius 2 is 0.769 bits per heavy atom. The Kier molecular flexibility index (Phi) is 36.1. The van der Waals surface area contributed by atoms with Crippen LogP contribution in [0.1, 0.15) is 201 Å². The molecule has 0 aliphatic carbocycles. The Morgan fingerprint density at radius 1 is 0.513 bits per heavy atom. The predicted octanol–water partition coefficient (Wildman–Crippen LogP) is 7.39. The summed E-state index contributed by atoms with van der Waals surface area (Å²) < 4.78 is 0. The molecule has 0 N–H and O–H groups in total. The Labute approximate surface area is 258 Å². The van der Waals surface area contributed by atoms with Gasteiger partial charge in [0.2, 0.25) is 0 Å². The van der Waals surface area contributed by atoms with Crippen molar-refractivity contribution in [2.75, 3.05) is 13.1 Å². The second-order valence-corrected chi connectivity index (χ2v) is 12.3. The van der Waals surface area contributed by atoms with Crippen LogP contribution in [-0.4, -0.2) is 30.0 Å². The van der Waals surface area contributed by atoms with Gasteiger partial charge in [-0.15, -0.1) is 0 Å². The molecule has 4 heteroatoms. The number of nitrogens with zero attached hydrogens (tertiary/aromatic N) is 1. The Hall–Kier alpha value is 0.0274. The minimum Gasteiger partial charge on any atom is -0.550 e. The van der Waals surface area contributed by atoms with E-state index in [0.29, 0.717) is 6.04 Å². The summed E-state index contributed by atoms with van der Waals surface area (Å²) in [6.07, 6.45) is 37.0. The Balaban J connectivity index is 0. The van der Waals surface area contributed by atoms with E-state index in [1.165, 1.54) is 167 Å². The third-order valence-electron chi connectivity index (χ3n) is 8.49. The number of carbonyl (C=O) groups is 1. The predicted molar refractivity (Wildman–Crippen MR) is 167 cm³/mol. The molecular formula is C35H70LiNO2. The third-order valence-corrected chi connectivity index (χ3v) is 8.49. The number of carboxylic acids is 1. The van der Waals surface area contributed by atoms with E-state index in [1.807, 2.05) is 0 Å². The molecule has 0 fully saturated rings. The van der Waals surface area contributed by atoms with Crippen molar-refractivity contribution in [1.82, 2.24) is 4.90 Å². The average Bonchev–Trinajstić information content (AvgIpc) is 2.91. The van der Waals surface area contributed by atoms with Crippen LogP contribution in [0.3, 0.4) is 0 Å². The van der Waals surface area contributed by atoms with Crippen LogP contribution >= 0.6 is 0 Å². The van der Waals surface area contributed by atoms with Crippen LogP contribution in [0.4, 0.5) is 0 Å². The Bertz CT molecular complexity index is 444. The van der Waals surface area contributed by atoms with Crippen molar-refractivity contribution in [2.45, 2.75) is 207 Å². The van der Waals surface area contributed by atoms with Gasteiger partial charge in [-0.05, 0) is 45.7 Å². The summed E-state index contributed by atoms with van der Waals surface area (Å²) in [6.45, 7) is 9.05. The fourth-order valence-electron chi connectivity index (χ4n) is 5.73. The van der Waals surface area contributed by atoms with Gasteiger partial charge in [-0.25, -0.2) is 0 Å². The first-order chi connectivity index (χ1) is 18.6. The molecule has 0 heterocycles. The first-order valence-corrected chi connectivity index (χ1v) is 17.6. The zero-order valence-electron chi connectivity index (χ0n) is 27.6. The SMILES string of the molecule is CCCCCCCCCCCCCCCN(CCCCCCCCCCCCCCC)C(C)CCC(=O)[O-].[Li+]. The van der Waals surface area contributed by atoms with Gasteiger partial charge >= 0.3 is 18.9 Å². The largest absolute Gasteiger partial charge is 1.00 e. The third kappa shape index (κ3) is 32.4. The molecule has 0 spiro atoms. The standard InChI is InChI=1S/C35H71NO2.Li/c1-4-6-8-10-12-14-16-18-20-22-24-26-28-32-36(34(3)30-31-35(37)38)33-29-27-25-23-21-19-17-15-13-11-9-7-5-2;/h34H,4-33H2,1-3H3,(H,37,38);/q;+1/p-1. The quantitative estimate of drug-likeness (QED) is 0.0656. The van der Waals surface area contributed by atoms with Gasteiger partial charge in [0.25, 0.3) is 0 Å². The number of hydrogen-bond donors (Lipinski definition) is 0. The van der Waals surface area contributed by atoms with Gasteiger partial charge in [0.15, 0.2) is 0 Å². The fraction of sp³-hybridized carbons (Fsp3) is 0.971. The zero-order chi connectivity index (χ0) is 27.9. The molecule has 0 aromatic carbocycles. The molecule has 0 saturated carbocycles. The smallest absolute Gasteiger partial charge is 0.550 e. The number of carbonyl (C=O) groups excluding carboxylic acids is 1. The van der Waals surface area contributed by atoms with Crippen molar-refractivity contribution >= 4 is 5.97 Å². The van der Waals surface area contributed by atoms with Crippen molar-refractivity contribution in [1.29, 1.82) is 0 Å². The first-order valence-electron chi connectivity index (χ1n) is 17.6. The van der Waals surface area contributed by atoms with E-state index in [-0.39, 0.29) is 25.3 Å². The molecule has 0 aromatic rings. The molecule has 0 aliphatic rings. The molecule has 1 unspecified atom stereocenters. The molecule has 39 heavy (non-hydrogen) atoms. The van der Waals surface area contributed by atoms with E-state index in [0.717, 1.165) is 19.5 Å². The van der Waals surface area contributed by atoms with Crippen LogP contribution in [-0.2, 0) is 4.79 Å². The molecular weight excluding hydrogens is 473 g/mol. The van der Waals surface area contributed by atoms with Gasteiger partial charge in [0.05, 0.1) is 0 Å². The zero-order valence-corrected chi connectivity index (χ0v) is 27.6. The maximum absolute atomic E-state index is 11.0. The van der Waals surface area contributed by atoms with Crippen LogP contribution in [0.5, 0.6) is 0 Å². The van der Waals surface area contributed by atoms with Crippen molar-refractivity contribution in [3.8, 4) is 0 Å². The molecule has 0 aromatic heterocycles. The maximum atomic E-state index is 11.0. The first kappa shape index (κ1) is 41.2. The van der Waals surface area contributed by atoms with E-state index in [4.69, 9.17) is 0 Å². The molecule has 3 nitrogen and oxygen atoms in total. The van der Waals surface area contributed by atoms with E-state index in [9.17, 15) is 9.90 Å². The van der Waals surface area contributed by atoms with Crippen LogP contribution in [0.2, 0.25) is 0 Å². The van der Waals surface area contributed by atoms with E-state index in [1.54, 1.807) is 0 Å². The topological polar surface area (TPSA) is 43.4 Å². The van der Waals surface area contributed by atoms with Crippen molar-refractivity contribution in [3.63, 3.8) is 0 Å².